The Hall–Kier alpha value is -1.95. The molecular formula is C19H35N9O. The topological polar surface area (TPSA) is 114 Å². The van der Waals surface area contributed by atoms with E-state index in [1.54, 1.807) is 0 Å². The number of hydrogen-bond acceptors (Lipinski definition) is 8. The maximum Gasteiger partial charge on any atom is 0.317 e. The number of rotatable bonds is 14. The molecule has 0 radical (unpaired) electrons. The molecular weight excluding hydrogens is 370 g/mol. The van der Waals surface area contributed by atoms with Crippen LogP contribution in [0.2, 0.25) is 0 Å². The molecule has 2 rings (SSSR count). The van der Waals surface area contributed by atoms with Crippen LogP contribution in [0.5, 0.6) is 0 Å². The molecule has 0 unspecified atom stereocenters. The molecule has 10 nitrogen and oxygen atoms in total. The Bertz CT molecular complexity index is 529. The van der Waals surface area contributed by atoms with Gasteiger partial charge in [0.15, 0.2) is 0 Å². The normalized spacial score (nSPS) is 18.0. The minimum atomic E-state index is 0.0669. The van der Waals surface area contributed by atoms with E-state index in [1.807, 2.05) is 4.90 Å². The van der Waals surface area contributed by atoms with Gasteiger partial charge in [0, 0.05) is 91.6 Å². The number of nitrogens with zero attached hydrogens (tertiary/aromatic N) is 6. The van der Waals surface area contributed by atoms with Crippen molar-refractivity contribution in [3.63, 3.8) is 0 Å². The largest absolute Gasteiger partial charge is 0.336 e. The van der Waals surface area contributed by atoms with E-state index < -0.39 is 0 Å². The Balaban J connectivity index is 1.61. The standard InChI is InChI=1S/C19H35N9O/c20-1-3-22-5-8-25(9-6-23-4-2-21)11-12-26-13-15-27(16-14-26)17-18-28-10-7-24-19(28)29/h22-23H,3-18H2,(H,24,29). The van der Waals surface area contributed by atoms with Gasteiger partial charge >= 0.3 is 6.03 Å². The van der Waals surface area contributed by atoms with Gasteiger partial charge < -0.3 is 20.9 Å². The molecule has 0 spiro atoms. The third kappa shape index (κ3) is 9.39. The minimum Gasteiger partial charge on any atom is -0.336 e. The minimum absolute atomic E-state index is 0.0669. The predicted molar refractivity (Wildman–Crippen MR) is 111 cm³/mol. The Morgan fingerprint density at radius 2 is 1.45 bits per heavy atom. The Morgan fingerprint density at radius 3 is 1.97 bits per heavy atom. The quantitative estimate of drug-likeness (QED) is 0.228. The van der Waals surface area contributed by atoms with Crippen LogP contribution in [0.3, 0.4) is 0 Å². The summed E-state index contributed by atoms with van der Waals surface area (Å²) in [7, 11) is 0. The highest BCUT2D eigenvalue weighted by molar-refractivity contribution is 5.76. The van der Waals surface area contributed by atoms with E-state index in [-0.39, 0.29) is 6.03 Å². The van der Waals surface area contributed by atoms with Gasteiger partial charge in [-0.15, -0.1) is 0 Å². The van der Waals surface area contributed by atoms with Crippen molar-refractivity contribution in [2.45, 2.75) is 0 Å². The Kier molecular flexibility index (Phi) is 11.3. The van der Waals surface area contributed by atoms with Gasteiger partial charge in [0.25, 0.3) is 0 Å². The van der Waals surface area contributed by atoms with Crippen LogP contribution in [0.4, 0.5) is 4.79 Å². The zero-order valence-electron chi connectivity index (χ0n) is 17.4. The Labute approximate surface area is 174 Å². The van der Waals surface area contributed by atoms with Gasteiger partial charge in [0.2, 0.25) is 0 Å². The van der Waals surface area contributed by atoms with Crippen LogP contribution in [0.25, 0.3) is 0 Å². The molecule has 2 saturated heterocycles. The lowest BCUT2D eigenvalue weighted by Crippen LogP contribution is -2.50. The second-order valence-corrected chi connectivity index (χ2v) is 7.41. The molecule has 0 aliphatic carbocycles. The maximum absolute atomic E-state index is 11.6. The fourth-order valence-electron chi connectivity index (χ4n) is 3.60. The van der Waals surface area contributed by atoms with Crippen LogP contribution in [0.1, 0.15) is 0 Å². The lowest BCUT2D eigenvalue weighted by molar-refractivity contribution is 0.113. The third-order valence-electron chi connectivity index (χ3n) is 5.45. The number of hydrogen-bond donors (Lipinski definition) is 3. The van der Waals surface area contributed by atoms with E-state index in [0.29, 0.717) is 13.1 Å². The van der Waals surface area contributed by atoms with E-state index in [1.165, 1.54) is 0 Å². The second-order valence-electron chi connectivity index (χ2n) is 7.41. The van der Waals surface area contributed by atoms with Crippen LogP contribution < -0.4 is 16.0 Å². The van der Waals surface area contributed by atoms with Crippen molar-refractivity contribution < 1.29 is 4.79 Å². The van der Waals surface area contributed by atoms with Gasteiger partial charge in [0.1, 0.15) is 0 Å². The highest BCUT2D eigenvalue weighted by atomic mass is 16.2. The van der Waals surface area contributed by atoms with Crippen molar-refractivity contribution in [2.75, 3.05) is 105 Å². The summed E-state index contributed by atoms with van der Waals surface area (Å²) in [5.74, 6) is 0. The summed E-state index contributed by atoms with van der Waals surface area (Å²) in [5.41, 5.74) is 0. The fourth-order valence-corrected chi connectivity index (χ4v) is 3.60. The summed E-state index contributed by atoms with van der Waals surface area (Å²) < 4.78 is 0. The monoisotopic (exact) mass is 405 g/mol. The van der Waals surface area contributed by atoms with E-state index in [4.69, 9.17) is 10.5 Å². The summed E-state index contributed by atoms with van der Waals surface area (Å²) in [5, 5.41) is 26.4. The smallest absolute Gasteiger partial charge is 0.317 e. The van der Waals surface area contributed by atoms with E-state index >= 15 is 0 Å². The second kappa shape index (κ2) is 14.1. The van der Waals surface area contributed by atoms with Gasteiger partial charge in [-0.05, 0) is 0 Å². The zero-order chi connectivity index (χ0) is 20.7. The molecule has 10 heteroatoms. The Morgan fingerprint density at radius 1 is 0.862 bits per heavy atom. The number of nitrogens with one attached hydrogen (secondary N) is 3. The van der Waals surface area contributed by atoms with Gasteiger partial charge in [-0.2, -0.15) is 10.5 Å². The zero-order valence-corrected chi connectivity index (χ0v) is 17.4. The summed E-state index contributed by atoms with van der Waals surface area (Å²) in [4.78, 5) is 20.8. The van der Waals surface area contributed by atoms with Crippen molar-refractivity contribution in [1.29, 1.82) is 10.5 Å². The summed E-state index contributed by atoms with van der Waals surface area (Å²) in [6.07, 6.45) is 0. The lowest BCUT2D eigenvalue weighted by Gasteiger charge is -2.36. The number of amides is 2. The van der Waals surface area contributed by atoms with Gasteiger partial charge in [-0.1, -0.05) is 0 Å². The molecule has 2 heterocycles. The predicted octanol–water partition coefficient (Wildman–Crippen LogP) is -1.84. The van der Waals surface area contributed by atoms with Crippen LogP contribution in [-0.4, -0.2) is 130 Å². The van der Waals surface area contributed by atoms with Crippen molar-refractivity contribution in [3.8, 4) is 12.1 Å². The van der Waals surface area contributed by atoms with Crippen molar-refractivity contribution in [3.05, 3.63) is 0 Å². The molecule has 162 valence electrons. The molecule has 0 bridgehead atoms. The molecule has 29 heavy (non-hydrogen) atoms. The molecule has 3 N–H and O–H groups in total. The van der Waals surface area contributed by atoms with Crippen molar-refractivity contribution >= 4 is 6.03 Å². The van der Waals surface area contributed by atoms with Crippen molar-refractivity contribution in [1.82, 2.24) is 35.6 Å². The first-order chi connectivity index (χ1) is 14.2. The molecule has 0 atom stereocenters. The van der Waals surface area contributed by atoms with Gasteiger partial charge in [-0.25, -0.2) is 4.79 Å². The van der Waals surface area contributed by atoms with E-state index in [9.17, 15) is 4.79 Å². The van der Waals surface area contributed by atoms with Gasteiger partial charge in [0.05, 0.1) is 25.2 Å². The molecule has 2 fully saturated rings. The van der Waals surface area contributed by atoms with Crippen LogP contribution in [0, 0.1) is 22.7 Å². The first kappa shape index (κ1) is 23.3. The number of urea groups is 1. The number of nitriles is 2. The van der Waals surface area contributed by atoms with Crippen LogP contribution in [-0.2, 0) is 0 Å². The molecule has 2 aliphatic rings. The molecule has 0 aromatic rings. The average molecular weight is 406 g/mol. The number of piperazine rings is 1. The summed E-state index contributed by atoms with van der Waals surface area (Å²) >= 11 is 0. The summed E-state index contributed by atoms with van der Waals surface area (Å²) in [6, 6.07) is 4.27. The third-order valence-corrected chi connectivity index (χ3v) is 5.45. The van der Waals surface area contributed by atoms with Crippen molar-refractivity contribution in [2.24, 2.45) is 0 Å². The SMILES string of the molecule is N#CCNCCN(CCNCC#N)CCN1CCN(CCN2CCNC2=O)CC1. The summed E-state index contributed by atoms with van der Waals surface area (Å²) in [6.45, 7) is 13.7. The highest BCUT2D eigenvalue weighted by Crippen LogP contribution is 2.04. The fraction of sp³-hybridized carbons (Fsp3) is 0.842. The number of carbonyl (C=O) groups is 1. The van der Waals surface area contributed by atoms with E-state index in [2.05, 4.69) is 42.8 Å². The van der Waals surface area contributed by atoms with E-state index in [0.717, 1.165) is 91.6 Å². The molecule has 0 aromatic heterocycles. The first-order valence-electron chi connectivity index (χ1n) is 10.6. The molecule has 0 aromatic carbocycles. The van der Waals surface area contributed by atoms with Crippen LogP contribution in [0.15, 0.2) is 0 Å². The average Bonchev–Trinajstić information content (AvgIpc) is 3.15. The maximum atomic E-state index is 11.6. The number of carbonyl (C=O) groups excluding carboxylic acids is 1. The first-order valence-corrected chi connectivity index (χ1v) is 10.6. The molecule has 2 aliphatic heterocycles. The van der Waals surface area contributed by atoms with Crippen LogP contribution >= 0.6 is 0 Å². The van der Waals surface area contributed by atoms with Gasteiger partial charge in [-0.3, -0.25) is 14.7 Å². The highest BCUT2D eigenvalue weighted by Gasteiger charge is 2.22. The lowest BCUT2D eigenvalue weighted by atomic mass is 10.3. The molecule has 2 amide bonds. The molecule has 0 saturated carbocycles.